The summed E-state index contributed by atoms with van der Waals surface area (Å²) in [4.78, 5) is 8.13. The molecule has 4 aromatic rings. The minimum Gasteiger partial charge on any atom is -0.334 e. The van der Waals surface area contributed by atoms with Crippen LogP contribution in [0.2, 0.25) is 0 Å². The number of rotatable bonds is 4. The molecule has 3 heterocycles. The van der Waals surface area contributed by atoms with E-state index < -0.39 is 0 Å². The summed E-state index contributed by atoms with van der Waals surface area (Å²) in [6, 6.07) is 12.1. The molecule has 114 valence electrons. The van der Waals surface area contributed by atoms with Crippen LogP contribution in [0.3, 0.4) is 0 Å². The van der Waals surface area contributed by atoms with Crippen molar-refractivity contribution in [3.8, 4) is 17.2 Å². The second-order valence-electron chi connectivity index (χ2n) is 6.06. The summed E-state index contributed by atoms with van der Waals surface area (Å²) in [6.45, 7) is 0.964. The normalized spacial score (nSPS) is 14.6. The van der Waals surface area contributed by atoms with Gasteiger partial charge in [-0.15, -0.1) is 0 Å². The van der Waals surface area contributed by atoms with Gasteiger partial charge in [0, 0.05) is 6.54 Å². The lowest BCUT2D eigenvalue weighted by Gasteiger charge is -2.05. The van der Waals surface area contributed by atoms with Crippen LogP contribution in [-0.2, 0) is 6.54 Å². The molecule has 0 unspecified atom stereocenters. The van der Waals surface area contributed by atoms with Crippen LogP contribution in [0, 0.1) is 5.92 Å². The molecule has 0 atom stereocenters. The number of benzene rings is 1. The van der Waals surface area contributed by atoms with Crippen LogP contribution in [-0.4, -0.2) is 29.5 Å². The minimum atomic E-state index is 0.771. The molecule has 1 aromatic carbocycles. The predicted octanol–water partition coefficient (Wildman–Crippen LogP) is 3.02. The smallest absolute Gasteiger partial charge is 0.176 e. The Hall–Kier alpha value is -2.89. The maximum absolute atomic E-state index is 4.77. The fraction of sp³-hybridized carbons (Fsp3) is 0.235. The van der Waals surface area contributed by atoms with Crippen molar-refractivity contribution in [2.24, 2.45) is 5.92 Å². The molecule has 6 heteroatoms. The van der Waals surface area contributed by atoms with Gasteiger partial charge in [0.15, 0.2) is 11.5 Å². The lowest BCUT2D eigenvalue weighted by molar-refractivity contribution is 0.576. The number of nitrogens with zero attached hydrogens (tertiary/aromatic N) is 5. The topological polar surface area (TPSA) is 64.3 Å². The molecule has 5 rings (SSSR count). The van der Waals surface area contributed by atoms with Gasteiger partial charge in [0.1, 0.15) is 11.2 Å². The Kier molecular flexibility index (Phi) is 2.64. The first-order chi connectivity index (χ1) is 11.4. The molecule has 0 spiro atoms. The van der Waals surface area contributed by atoms with Crippen molar-refractivity contribution in [2.45, 2.75) is 19.4 Å². The van der Waals surface area contributed by atoms with Gasteiger partial charge in [0.2, 0.25) is 0 Å². The number of fused-ring (bicyclic) bond motifs is 1. The van der Waals surface area contributed by atoms with E-state index in [9.17, 15) is 0 Å². The Morgan fingerprint density at radius 1 is 1.09 bits per heavy atom. The highest BCUT2D eigenvalue weighted by molar-refractivity contribution is 5.75. The van der Waals surface area contributed by atoms with Crippen molar-refractivity contribution in [1.29, 1.82) is 0 Å². The van der Waals surface area contributed by atoms with Gasteiger partial charge in [-0.1, -0.05) is 18.2 Å². The molecule has 1 fully saturated rings. The minimum absolute atomic E-state index is 0.771. The number of aromatic amines is 1. The van der Waals surface area contributed by atoms with Crippen molar-refractivity contribution in [2.75, 3.05) is 0 Å². The standard InChI is InChI=1S/C17H16N6/c1-2-4-13(5-3-1)23-15(8-9-18-23)16-20-14-10-19-22(17(14)21-16)11-12-6-7-12/h1-5,8-10,12H,6-7,11H2,(H,20,21). The highest BCUT2D eigenvalue weighted by Crippen LogP contribution is 2.31. The molecule has 6 nitrogen and oxygen atoms in total. The summed E-state index contributed by atoms with van der Waals surface area (Å²) in [5.41, 5.74) is 3.87. The van der Waals surface area contributed by atoms with Crippen LogP contribution in [0.1, 0.15) is 12.8 Å². The molecule has 0 aliphatic heterocycles. The van der Waals surface area contributed by atoms with Crippen molar-refractivity contribution < 1.29 is 0 Å². The summed E-state index contributed by atoms with van der Waals surface area (Å²) in [5, 5.41) is 8.87. The number of hydrogen-bond acceptors (Lipinski definition) is 3. The van der Waals surface area contributed by atoms with Gasteiger partial charge in [-0.2, -0.15) is 10.2 Å². The van der Waals surface area contributed by atoms with E-state index in [1.54, 1.807) is 6.20 Å². The molecule has 0 amide bonds. The first-order valence-corrected chi connectivity index (χ1v) is 7.90. The van der Waals surface area contributed by atoms with Crippen molar-refractivity contribution in [3.63, 3.8) is 0 Å². The molecule has 1 aliphatic rings. The summed E-state index contributed by atoms with van der Waals surface area (Å²) >= 11 is 0. The molecular weight excluding hydrogens is 288 g/mol. The zero-order valence-corrected chi connectivity index (χ0v) is 12.6. The summed E-state index contributed by atoms with van der Waals surface area (Å²) in [6.07, 6.45) is 6.27. The molecule has 3 aromatic heterocycles. The van der Waals surface area contributed by atoms with Crippen LogP contribution in [0.4, 0.5) is 0 Å². The first kappa shape index (κ1) is 12.6. The van der Waals surface area contributed by atoms with Gasteiger partial charge < -0.3 is 4.98 Å². The Bertz CT molecular complexity index is 957. The van der Waals surface area contributed by atoms with Gasteiger partial charge >= 0.3 is 0 Å². The number of hydrogen-bond donors (Lipinski definition) is 1. The summed E-state index contributed by atoms with van der Waals surface area (Å²) in [7, 11) is 0. The van der Waals surface area contributed by atoms with Crippen molar-refractivity contribution >= 4 is 11.2 Å². The van der Waals surface area contributed by atoms with Gasteiger partial charge in [-0.25, -0.2) is 14.3 Å². The maximum Gasteiger partial charge on any atom is 0.176 e. The van der Waals surface area contributed by atoms with E-state index in [-0.39, 0.29) is 0 Å². The first-order valence-electron chi connectivity index (χ1n) is 7.90. The molecule has 0 radical (unpaired) electrons. The van der Waals surface area contributed by atoms with E-state index in [2.05, 4.69) is 15.2 Å². The van der Waals surface area contributed by atoms with Crippen LogP contribution in [0.25, 0.3) is 28.4 Å². The second-order valence-corrected chi connectivity index (χ2v) is 6.06. The third-order valence-corrected chi connectivity index (χ3v) is 4.30. The zero-order valence-electron chi connectivity index (χ0n) is 12.6. The monoisotopic (exact) mass is 304 g/mol. The van der Waals surface area contributed by atoms with Crippen LogP contribution < -0.4 is 0 Å². The fourth-order valence-electron chi connectivity index (χ4n) is 2.90. The van der Waals surface area contributed by atoms with E-state index in [4.69, 9.17) is 4.98 Å². The quantitative estimate of drug-likeness (QED) is 0.630. The second kappa shape index (κ2) is 4.81. The molecule has 0 saturated heterocycles. The predicted molar refractivity (Wildman–Crippen MR) is 87.2 cm³/mol. The van der Waals surface area contributed by atoms with E-state index >= 15 is 0 Å². The van der Waals surface area contributed by atoms with Gasteiger partial charge in [-0.05, 0) is 37.0 Å². The van der Waals surface area contributed by atoms with Gasteiger partial charge in [0.05, 0.1) is 18.1 Å². The molecule has 1 saturated carbocycles. The van der Waals surface area contributed by atoms with Crippen molar-refractivity contribution in [1.82, 2.24) is 29.5 Å². The van der Waals surface area contributed by atoms with E-state index in [1.165, 1.54) is 12.8 Å². The highest BCUT2D eigenvalue weighted by atomic mass is 15.3. The molecule has 1 aliphatic carbocycles. The molecule has 1 N–H and O–H groups in total. The third-order valence-electron chi connectivity index (χ3n) is 4.30. The van der Waals surface area contributed by atoms with Crippen LogP contribution >= 0.6 is 0 Å². The lowest BCUT2D eigenvalue weighted by atomic mass is 10.3. The van der Waals surface area contributed by atoms with Crippen molar-refractivity contribution in [3.05, 3.63) is 48.8 Å². The van der Waals surface area contributed by atoms with Crippen LogP contribution in [0.5, 0.6) is 0 Å². The average Bonchev–Trinajstić information content (AvgIpc) is 2.99. The van der Waals surface area contributed by atoms with Crippen LogP contribution in [0.15, 0.2) is 48.8 Å². The van der Waals surface area contributed by atoms with Gasteiger partial charge in [0.25, 0.3) is 0 Å². The number of imidazole rings is 1. The summed E-state index contributed by atoms with van der Waals surface area (Å²) < 4.78 is 3.91. The maximum atomic E-state index is 4.77. The van der Waals surface area contributed by atoms with E-state index in [1.807, 2.05) is 52.0 Å². The van der Waals surface area contributed by atoms with E-state index in [0.29, 0.717) is 0 Å². The SMILES string of the molecule is c1ccc(-n2nccc2-c2nc3c(cnn3CC3CC3)[nH]2)cc1. The number of aromatic nitrogens is 6. The Balaban J connectivity index is 1.58. The fourth-order valence-corrected chi connectivity index (χ4v) is 2.90. The molecular formula is C17H16N6. The Labute approximate surface area is 132 Å². The third kappa shape index (κ3) is 2.14. The number of nitrogens with one attached hydrogen (secondary N) is 1. The summed E-state index contributed by atoms with van der Waals surface area (Å²) in [5.74, 6) is 1.59. The number of H-pyrrole nitrogens is 1. The Morgan fingerprint density at radius 3 is 2.78 bits per heavy atom. The molecule has 23 heavy (non-hydrogen) atoms. The lowest BCUT2D eigenvalue weighted by Crippen LogP contribution is -2.02. The van der Waals surface area contributed by atoms with Gasteiger partial charge in [-0.3, -0.25) is 0 Å². The molecule has 0 bridgehead atoms. The Morgan fingerprint density at radius 2 is 1.96 bits per heavy atom. The number of para-hydroxylation sites is 1. The zero-order chi connectivity index (χ0) is 15.2. The largest absolute Gasteiger partial charge is 0.334 e. The van der Waals surface area contributed by atoms with E-state index in [0.717, 1.165) is 40.8 Å². The highest BCUT2D eigenvalue weighted by Gasteiger charge is 2.24. The average molecular weight is 304 g/mol.